The molecule has 0 saturated carbocycles. The van der Waals surface area contributed by atoms with Gasteiger partial charge < -0.3 is 10.1 Å². The van der Waals surface area contributed by atoms with Gasteiger partial charge in [-0.2, -0.15) is 0 Å². The Morgan fingerprint density at radius 1 is 1.53 bits per heavy atom. The van der Waals surface area contributed by atoms with Gasteiger partial charge in [-0.05, 0) is 48.5 Å². The summed E-state index contributed by atoms with van der Waals surface area (Å²) in [6, 6.07) is 8.09. The zero-order valence-corrected chi connectivity index (χ0v) is 14.1. The average molecular weight is 346 g/mol. The Morgan fingerprint density at radius 3 is 2.68 bits per heavy atom. The molecule has 0 aliphatic carbocycles. The number of thioether (sulfide) groups is 1. The number of rotatable bonds is 6. The quantitative estimate of drug-likeness (QED) is 0.632. The predicted octanol–water partition coefficient (Wildman–Crippen LogP) is 3.47. The van der Waals surface area contributed by atoms with Gasteiger partial charge in [0.2, 0.25) is 0 Å². The molecule has 19 heavy (non-hydrogen) atoms. The summed E-state index contributed by atoms with van der Waals surface area (Å²) in [6.45, 7) is 3.98. The Hall–Kier alpha value is -0.520. The fourth-order valence-corrected chi connectivity index (χ4v) is 3.64. The average Bonchev–Trinajstić information content (AvgIpc) is 2.40. The third-order valence-corrected chi connectivity index (χ3v) is 5.18. The number of nitrogens with one attached hydrogen (secondary N) is 1. The molecule has 2 atom stereocenters. The van der Waals surface area contributed by atoms with Gasteiger partial charge in [0, 0.05) is 14.6 Å². The fourth-order valence-electron chi connectivity index (χ4n) is 1.89. The van der Waals surface area contributed by atoms with Gasteiger partial charge in [-0.25, -0.2) is 0 Å². The van der Waals surface area contributed by atoms with Crippen LogP contribution in [0.1, 0.15) is 20.3 Å². The van der Waals surface area contributed by atoms with E-state index in [1.165, 1.54) is 12.0 Å². The van der Waals surface area contributed by atoms with Gasteiger partial charge in [-0.3, -0.25) is 4.79 Å². The smallest absolute Gasteiger partial charge is 0.325 e. The maximum atomic E-state index is 11.8. The first-order valence-electron chi connectivity index (χ1n) is 6.11. The minimum atomic E-state index is -0.650. The molecule has 0 aromatic heterocycles. The summed E-state index contributed by atoms with van der Waals surface area (Å²) in [5.74, 6) is -0.227. The maximum Gasteiger partial charge on any atom is 0.325 e. The van der Waals surface area contributed by atoms with Crippen LogP contribution in [-0.4, -0.2) is 30.9 Å². The molecule has 0 heterocycles. The lowest BCUT2D eigenvalue weighted by molar-refractivity contribution is -0.147. The second-order valence-corrected chi connectivity index (χ2v) is 6.97. The van der Waals surface area contributed by atoms with Crippen LogP contribution in [0.5, 0.6) is 0 Å². The standard InChI is InChI=1S/C14H20BrNO2S/c1-10(9-14(2,16-3)13(17)18-4)19-12-8-6-5-7-11(12)15/h5-8,10,16H,9H2,1-4H3. The molecule has 0 aliphatic heterocycles. The Balaban J connectivity index is 2.71. The number of carbonyl (C=O) groups excluding carboxylic acids is 1. The monoisotopic (exact) mass is 345 g/mol. The molecule has 0 bridgehead atoms. The minimum Gasteiger partial charge on any atom is -0.468 e. The van der Waals surface area contributed by atoms with Gasteiger partial charge in [0.05, 0.1) is 7.11 Å². The summed E-state index contributed by atoms with van der Waals surface area (Å²) < 4.78 is 5.94. The first-order chi connectivity index (χ1) is 8.92. The van der Waals surface area contributed by atoms with Crippen molar-refractivity contribution in [3.8, 4) is 0 Å². The van der Waals surface area contributed by atoms with Crippen LogP contribution in [0.3, 0.4) is 0 Å². The van der Waals surface area contributed by atoms with E-state index in [1.807, 2.05) is 25.1 Å². The highest BCUT2D eigenvalue weighted by atomic mass is 79.9. The molecular weight excluding hydrogens is 326 g/mol. The van der Waals surface area contributed by atoms with E-state index < -0.39 is 5.54 Å². The second kappa shape index (κ2) is 7.31. The topological polar surface area (TPSA) is 38.3 Å². The van der Waals surface area contributed by atoms with Crippen molar-refractivity contribution in [2.75, 3.05) is 14.2 Å². The molecule has 1 aromatic rings. The third-order valence-electron chi connectivity index (χ3n) is 3.05. The van der Waals surface area contributed by atoms with Crippen LogP contribution in [0, 0.1) is 0 Å². The number of carbonyl (C=O) groups is 1. The van der Waals surface area contributed by atoms with Crippen LogP contribution < -0.4 is 5.32 Å². The van der Waals surface area contributed by atoms with E-state index in [-0.39, 0.29) is 11.2 Å². The summed E-state index contributed by atoms with van der Waals surface area (Å²) in [4.78, 5) is 13.0. The number of hydrogen-bond acceptors (Lipinski definition) is 4. The number of hydrogen-bond donors (Lipinski definition) is 1. The van der Waals surface area contributed by atoms with Crippen LogP contribution in [0.2, 0.25) is 0 Å². The first-order valence-corrected chi connectivity index (χ1v) is 7.78. The molecule has 106 valence electrons. The Labute approximate surface area is 127 Å². The molecule has 0 amide bonds. The zero-order chi connectivity index (χ0) is 14.5. The van der Waals surface area contributed by atoms with Crippen molar-refractivity contribution in [1.29, 1.82) is 0 Å². The highest BCUT2D eigenvalue weighted by Gasteiger charge is 2.34. The van der Waals surface area contributed by atoms with Gasteiger partial charge in [0.1, 0.15) is 5.54 Å². The molecule has 2 unspecified atom stereocenters. The van der Waals surface area contributed by atoms with Crippen molar-refractivity contribution in [2.24, 2.45) is 0 Å². The van der Waals surface area contributed by atoms with E-state index in [9.17, 15) is 4.79 Å². The summed E-state index contributed by atoms with van der Waals surface area (Å²) >= 11 is 5.28. The van der Waals surface area contributed by atoms with Crippen LogP contribution in [0.4, 0.5) is 0 Å². The molecule has 0 fully saturated rings. The van der Waals surface area contributed by atoms with E-state index in [1.54, 1.807) is 18.8 Å². The summed E-state index contributed by atoms with van der Waals surface area (Å²) in [6.07, 6.45) is 0.697. The summed E-state index contributed by atoms with van der Waals surface area (Å²) in [5.41, 5.74) is -0.650. The van der Waals surface area contributed by atoms with Crippen molar-refractivity contribution in [3.05, 3.63) is 28.7 Å². The van der Waals surface area contributed by atoms with Crippen LogP contribution in [0.15, 0.2) is 33.6 Å². The largest absolute Gasteiger partial charge is 0.468 e. The lowest BCUT2D eigenvalue weighted by atomic mass is 9.96. The molecule has 1 rings (SSSR count). The van der Waals surface area contributed by atoms with E-state index in [2.05, 4.69) is 34.2 Å². The second-order valence-electron chi connectivity index (χ2n) is 4.64. The zero-order valence-electron chi connectivity index (χ0n) is 11.7. The molecule has 5 heteroatoms. The molecular formula is C14H20BrNO2S. The number of esters is 1. The van der Waals surface area contributed by atoms with E-state index >= 15 is 0 Å². The lowest BCUT2D eigenvalue weighted by Gasteiger charge is -2.28. The van der Waals surface area contributed by atoms with Gasteiger partial charge in [-0.15, -0.1) is 11.8 Å². The molecule has 1 N–H and O–H groups in total. The van der Waals surface area contributed by atoms with Crippen molar-refractivity contribution >= 4 is 33.7 Å². The van der Waals surface area contributed by atoms with Crippen molar-refractivity contribution in [3.63, 3.8) is 0 Å². The lowest BCUT2D eigenvalue weighted by Crippen LogP contribution is -2.49. The Bertz CT molecular complexity index is 441. The van der Waals surface area contributed by atoms with E-state index in [0.717, 1.165) is 4.47 Å². The highest BCUT2D eigenvalue weighted by Crippen LogP contribution is 2.33. The normalized spacial score (nSPS) is 15.6. The van der Waals surface area contributed by atoms with Gasteiger partial charge in [-0.1, -0.05) is 19.1 Å². The number of ether oxygens (including phenoxy) is 1. The Kier molecular flexibility index (Phi) is 6.36. The van der Waals surface area contributed by atoms with Gasteiger partial charge in [0.25, 0.3) is 0 Å². The summed E-state index contributed by atoms with van der Waals surface area (Å²) in [5, 5.41) is 3.35. The number of benzene rings is 1. The van der Waals surface area contributed by atoms with Crippen molar-refractivity contribution in [2.45, 2.75) is 36.0 Å². The van der Waals surface area contributed by atoms with E-state index in [4.69, 9.17) is 4.74 Å². The molecule has 0 aliphatic rings. The molecule has 1 aromatic carbocycles. The minimum absolute atomic E-state index is 0.227. The first kappa shape index (κ1) is 16.5. The third kappa shape index (κ3) is 4.51. The van der Waals surface area contributed by atoms with Crippen molar-refractivity contribution < 1.29 is 9.53 Å². The fraction of sp³-hybridized carbons (Fsp3) is 0.500. The predicted molar refractivity (Wildman–Crippen MR) is 83.6 cm³/mol. The number of halogens is 1. The van der Waals surface area contributed by atoms with Gasteiger partial charge >= 0.3 is 5.97 Å². The van der Waals surface area contributed by atoms with Gasteiger partial charge in [0.15, 0.2) is 0 Å². The molecule has 0 spiro atoms. The SMILES string of the molecule is CNC(C)(CC(C)Sc1ccccc1Br)C(=O)OC. The molecule has 0 radical (unpaired) electrons. The van der Waals surface area contributed by atoms with Crippen molar-refractivity contribution in [1.82, 2.24) is 5.32 Å². The van der Waals surface area contributed by atoms with Crippen LogP contribution >= 0.6 is 27.7 Å². The number of likely N-dealkylation sites (N-methyl/N-ethyl adjacent to an activating group) is 1. The van der Waals surface area contributed by atoms with Crippen LogP contribution in [0.25, 0.3) is 0 Å². The maximum absolute atomic E-state index is 11.8. The number of methoxy groups -OCH3 is 1. The Morgan fingerprint density at radius 2 is 2.16 bits per heavy atom. The summed E-state index contributed by atoms with van der Waals surface area (Å²) in [7, 11) is 3.20. The molecule has 3 nitrogen and oxygen atoms in total. The molecule has 0 saturated heterocycles. The van der Waals surface area contributed by atoms with E-state index in [0.29, 0.717) is 6.42 Å². The van der Waals surface area contributed by atoms with Crippen LogP contribution in [-0.2, 0) is 9.53 Å². The highest BCUT2D eigenvalue weighted by molar-refractivity contribution is 9.10.